The van der Waals surface area contributed by atoms with Gasteiger partial charge in [0.1, 0.15) is 0 Å². The lowest BCUT2D eigenvalue weighted by atomic mass is 9.78. The van der Waals surface area contributed by atoms with Crippen LogP contribution in [0.4, 0.5) is 0 Å². The normalized spacial score (nSPS) is 18.7. The van der Waals surface area contributed by atoms with E-state index in [-0.39, 0.29) is 11.4 Å². The first-order valence-electron chi connectivity index (χ1n) is 4.73. The van der Waals surface area contributed by atoms with E-state index in [1.165, 1.54) is 6.42 Å². The molecule has 74 valence electrons. The minimum absolute atomic E-state index is 0.0308. The molecule has 0 atom stereocenters. The molecule has 0 aliphatic heterocycles. The Morgan fingerprint density at radius 2 is 2.15 bits per heavy atom. The summed E-state index contributed by atoms with van der Waals surface area (Å²) in [6, 6.07) is 0. The second-order valence-corrected chi connectivity index (χ2v) is 4.16. The highest BCUT2D eigenvalue weighted by Gasteiger charge is 2.32. The molecule has 0 heterocycles. The van der Waals surface area contributed by atoms with Gasteiger partial charge in [-0.25, -0.2) is 0 Å². The molecular formula is C10H18N2O. The van der Waals surface area contributed by atoms with Crippen molar-refractivity contribution in [2.24, 2.45) is 5.73 Å². The molecule has 0 aromatic rings. The van der Waals surface area contributed by atoms with Crippen molar-refractivity contribution >= 4 is 5.91 Å². The van der Waals surface area contributed by atoms with Crippen LogP contribution in [0.15, 0.2) is 11.6 Å². The summed E-state index contributed by atoms with van der Waals surface area (Å²) in [6.07, 6.45) is 4.85. The average molecular weight is 182 g/mol. The van der Waals surface area contributed by atoms with Crippen LogP contribution in [0.5, 0.6) is 0 Å². The van der Waals surface area contributed by atoms with Crippen molar-refractivity contribution in [2.75, 3.05) is 6.54 Å². The van der Waals surface area contributed by atoms with Crippen molar-refractivity contribution in [1.29, 1.82) is 0 Å². The minimum atomic E-state index is -0.120. The number of carbonyl (C=O) groups is 1. The summed E-state index contributed by atoms with van der Waals surface area (Å²) >= 11 is 0. The molecule has 0 unspecified atom stereocenters. The predicted molar refractivity (Wildman–Crippen MR) is 53.2 cm³/mol. The quantitative estimate of drug-likeness (QED) is 0.638. The molecule has 3 heteroatoms. The molecule has 0 aromatic heterocycles. The summed E-state index contributed by atoms with van der Waals surface area (Å²) in [7, 11) is 0. The Kier molecular flexibility index (Phi) is 3.09. The number of hydrogen-bond acceptors (Lipinski definition) is 2. The number of carbonyl (C=O) groups excluding carboxylic acids is 1. The van der Waals surface area contributed by atoms with E-state index in [9.17, 15) is 4.79 Å². The van der Waals surface area contributed by atoms with Gasteiger partial charge < -0.3 is 11.1 Å². The first-order valence-corrected chi connectivity index (χ1v) is 4.73. The number of nitrogens with one attached hydrogen (secondary N) is 1. The van der Waals surface area contributed by atoms with Crippen molar-refractivity contribution in [3.63, 3.8) is 0 Å². The standard InChI is InChI=1S/C10H18N2O/c1-8(2)6-9(13)12-7-10(11)4-3-5-10/h6H,3-5,7,11H2,1-2H3,(H,12,13). The molecule has 1 rings (SSSR count). The number of hydrogen-bond donors (Lipinski definition) is 2. The zero-order valence-corrected chi connectivity index (χ0v) is 8.39. The Bertz CT molecular complexity index is 225. The zero-order chi connectivity index (χ0) is 9.90. The smallest absolute Gasteiger partial charge is 0.243 e. The van der Waals surface area contributed by atoms with Gasteiger partial charge in [0.25, 0.3) is 0 Å². The Labute approximate surface area is 79.4 Å². The van der Waals surface area contributed by atoms with Gasteiger partial charge in [-0.2, -0.15) is 0 Å². The van der Waals surface area contributed by atoms with Crippen LogP contribution in [0.1, 0.15) is 33.1 Å². The molecule has 1 amide bonds. The molecule has 1 saturated carbocycles. The number of allylic oxidation sites excluding steroid dienone is 1. The maximum absolute atomic E-state index is 11.2. The van der Waals surface area contributed by atoms with Crippen LogP contribution >= 0.6 is 0 Å². The molecule has 0 spiro atoms. The van der Waals surface area contributed by atoms with Crippen LogP contribution in [-0.4, -0.2) is 18.0 Å². The molecule has 1 fully saturated rings. The third-order valence-electron chi connectivity index (χ3n) is 2.38. The molecule has 3 N–H and O–H groups in total. The van der Waals surface area contributed by atoms with Crippen LogP contribution in [-0.2, 0) is 4.79 Å². The fraction of sp³-hybridized carbons (Fsp3) is 0.700. The first kappa shape index (κ1) is 10.3. The fourth-order valence-electron chi connectivity index (χ4n) is 1.38. The Morgan fingerprint density at radius 1 is 1.54 bits per heavy atom. The molecule has 0 saturated heterocycles. The van der Waals surface area contributed by atoms with Gasteiger partial charge in [0, 0.05) is 18.2 Å². The number of rotatable bonds is 3. The van der Waals surface area contributed by atoms with Gasteiger partial charge in [-0.1, -0.05) is 5.57 Å². The fourth-order valence-corrected chi connectivity index (χ4v) is 1.38. The molecule has 3 nitrogen and oxygen atoms in total. The van der Waals surface area contributed by atoms with E-state index < -0.39 is 0 Å². The van der Waals surface area contributed by atoms with Crippen LogP contribution in [0.3, 0.4) is 0 Å². The van der Waals surface area contributed by atoms with E-state index in [0.717, 1.165) is 18.4 Å². The van der Waals surface area contributed by atoms with Crippen molar-refractivity contribution in [2.45, 2.75) is 38.6 Å². The summed E-state index contributed by atoms with van der Waals surface area (Å²) < 4.78 is 0. The zero-order valence-electron chi connectivity index (χ0n) is 8.39. The molecular weight excluding hydrogens is 164 g/mol. The van der Waals surface area contributed by atoms with E-state index in [0.29, 0.717) is 6.54 Å². The lowest BCUT2D eigenvalue weighted by Gasteiger charge is -2.37. The van der Waals surface area contributed by atoms with Crippen molar-refractivity contribution in [3.05, 3.63) is 11.6 Å². The summed E-state index contributed by atoms with van der Waals surface area (Å²) in [5, 5.41) is 2.82. The van der Waals surface area contributed by atoms with Gasteiger partial charge in [-0.05, 0) is 33.1 Å². The van der Waals surface area contributed by atoms with E-state index in [4.69, 9.17) is 5.73 Å². The summed E-state index contributed by atoms with van der Waals surface area (Å²) in [4.78, 5) is 11.2. The Hall–Kier alpha value is -0.830. The predicted octanol–water partition coefficient (Wildman–Crippen LogP) is 0.950. The van der Waals surface area contributed by atoms with Crippen LogP contribution < -0.4 is 11.1 Å². The minimum Gasteiger partial charge on any atom is -0.351 e. The molecule has 0 aromatic carbocycles. The van der Waals surface area contributed by atoms with Crippen LogP contribution in [0.2, 0.25) is 0 Å². The second kappa shape index (κ2) is 3.92. The first-order chi connectivity index (χ1) is 6.02. The van der Waals surface area contributed by atoms with Gasteiger partial charge in [0.15, 0.2) is 0 Å². The summed E-state index contributed by atoms with van der Waals surface area (Å²) in [5.74, 6) is -0.0308. The van der Waals surface area contributed by atoms with Gasteiger partial charge in [-0.15, -0.1) is 0 Å². The number of amides is 1. The van der Waals surface area contributed by atoms with E-state index in [2.05, 4.69) is 5.32 Å². The van der Waals surface area contributed by atoms with Crippen molar-refractivity contribution < 1.29 is 4.79 Å². The Balaban J connectivity index is 2.26. The van der Waals surface area contributed by atoms with E-state index in [1.807, 2.05) is 13.8 Å². The third-order valence-corrected chi connectivity index (χ3v) is 2.38. The van der Waals surface area contributed by atoms with Gasteiger partial charge in [0.05, 0.1) is 0 Å². The van der Waals surface area contributed by atoms with Crippen LogP contribution in [0.25, 0.3) is 0 Å². The van der Waals surface area contributed by atoms with E-state index in [1.54, 1.807) is 6.08 Å². The molecule has 13 heavy (non-hydrogen) atoms. The van der Waals surface area contributed by atoms with Crippen molar-refractivity contribution in [3.8, 4) is 0 Å². The SMILES string of the molecule is CC(C)=CC(=O)NCC1(N)CCC1. The van der Waals surface area contributed by atoms with E-state index >= 15 is 0 Å². The molecule has 1 aliphatic carbocycles. The molecule has 0 radical (unpaired) electrons. The maximum atomic E-state index is 11.2. The highest BCUT2D eigenvalue weighted by Crippen LogP contribution is 2.27. The highest BCUT2D eigenvalue weighted by molar-refractivity contribution is 5.88. The topological polar surface area (TPSA) is 55.1 Å². The van der Waals surface area contributed by atoms with Gasteiger partial charge in [-0.3, -0.25) is 4.79 Å². The average Bonchev–Trinajstić information content (AvgIpc) is 1.96. The molecule has 1 aliphatic rings. The second-order valence-electron chi connectivity index (χ2n) is 4.16. The van der Waals surface area contributed by atoms with Crippen molar-refractivity contribution in [1.82, 2.24) is 5.32 Å². The maximum Gasteiger partial charge on any atom is 0.243 e. The molecule has 0 bridgehead atoms. The highest BCUT2D eigenvalue weighted by atomic mass is 16.1. The summed E-state index contributed by atoms with van der Waals surface area (Å²) in [5.41, 5.74) is 6.84. The van der Waals surface area contributed by atoms with Gasteiger partial charge >= 0.3 is 0 Å². The van der Waals surface area contributed by atoms with Crippen LogP contribution in [0, 0.1) is 0 Å². The summed E-state index contributed by atoms with van der Waals surface area (Å²) in [6.45, 7) is 4.41. The largest absolute Gasteiger partial charge is 0.351 e. The lowest BCUT2D eigenvalue weighted by Crippen LogP contribution is -2.54. The third kappa shape index (κ3) is 3.19. The lowest BCUT2D eigenvalue weighted by molar-refractivity contribution is -0.116. The number of nitrogens with two attached hydrogens (primary N) is 1. The van der Waals surface area contributed by atoms with Gasteiger partial charge in [0.2, 0.25) is 5.91 Å². The Morgan fingerprint density at radius 3 is 2.54 bits per heavy atom. The monoisotopic (exact) mass is 182 g/mol.